The summed E-state index contributed by atoms with van der Waals surface area (Å²) in [6.07, 6.45) is 6.35. The highest BCUT2D eigenvalue weighted by molar-refractivity contribution is 5.92. The van der Waals surface area contributed by atoms with Crippen LogP contribution in [0.1, 0.15) is 39.0 Å². The van der Waals surface area contributed by atoms with E-state index in [-0.39, 0.29) is 5.91 Å². The molecule has 2 aliphatic rings. The van der Waals surface area contributed by atoms with Gasteiger partial charge in [0.1, 0.15) is 6.04 Å². The van der Waals surface area contributed by atoms with Crippen molar-refractivity contribution >= 4 is 11.9 Å². The Kier molecular flexibility index (Phi) is 3.50. The number of hydrogen-bond donors (Lipinski definition) is 1. The quantitative estimate of drug-likeness (QED) is 0.761. The number of carboxylic acids is 1. The van der Waals surface area contributed by atoms with Crippen LogP contribution in [0.3, 0.4) is 0 Å². The minimum absolute atomic E-state index is 0.124. The van der Waals surface area contributed by atoms with Gasteiger partial charge in [0.2, 0.25) is 5.91 Å². The van der Waals surface area contributed by atoms with E-state index in [9.17, 15) is 9.59 Å². The fourth-order valence-electron chi connectivity index (χ4n) is 2.39. The summed E-state index contributed by atoms with van der Waals surface area (Å²) in [4.78, 5) is 24.6. The van der Waals surface area contributed by atoms with Gasteiger partial charge in [-0.2, -0.15) is 0 Å². The van der Waals surface area contributed by atoms with Gasteiger partial charge in [-0.1, -0.05) is 5.57 Å². The minimum Gasteiger partial charge on any atom is -0.480 e. The van der Waals surface area contributed by atoms with Crippen LogP contribution in [0.2, 0.25) is 0 Å². The maximum atomic E-state index is 12.0. The van der Waals surface area contributed by atoms with Crippen LogP contribution in [0.4, 0.5) is 0 Å². The van der Waals surface area contributed by atoms with Crippen molar-refractivity contribution in [2.75, 3.05) is 6.54 Å². The van der Waals surface area contributed by atoms with Crippen molar-refractivity contribution in [1.29, 1.82) is 0 Å². The Bertz CT molecular complexity index is 358. The molecular weight excluding hydrogens is 218 g/mol. The third-order valence-electron chi connectivity index (χ3n) is 3.64. The summed E-state index contributed by atoms with van der Waals surface area (Å²) in [6, 6.07) is -0.625. The summed E-state index contributed by atoms with van der Waals surface area (Å²) in [7, 11) is 0. The molecule has 1 aliphatic carbocycles. The molecule has 1 aliphatic heterocycles. The van der Waals surface area contributed by atoms with E-state index in [1.807, 2.05) is 6.92 Å². The smallest absolute Gasteiger partial charge is 0.326 e. The summed E-state index contributed by atoms with van der Waals surface area (Å²) in [5.74, 6) is -0.441. The van der Waals surface area contributed by atoms with Gasteiger partial charge in [-0.3, -0.25) is 4.79 Å². The van der Waals surface area contributed by atoms with Gasteiger partial charge in [-0.15, -0.1) is 0 Å². The Morgan fingerprint density at radius 3 is 2.53 bits per heavy atom. The van der Waals surface area contributed by atoms with Crippen molar-refractivity contribution in [3.8, 4) is 0 Å². The standard InChI is InChI=1S/C13H19NO3/c1-9(10-5-6-10)8-12(15)14-7-3-2-4-11(14)13(16)17/h8,10-11H,2-7H2,1H3,(H,16,17)/b9-8+/t11-/m0/s1. The van der Waals surface area contributed by atoms with Crippen LogP contribution in [0, 0.1) is 5.92 Å². The van der Waals surface area contributed by atoms with Gasteiger partial charge in [0.25, 0.3) is 0 Å². The van der Waals surface area contributed by atoms with Crippen LogP contribution < -0.4 is 0 Å². The Balaban J connectivity index is 2.05. The lowest BCUT2D eigenvalue weighted by Crippen LogP contribution is -2.47. The molecule has 1 N–H and O–H groups in total. The third kappa shape index (κ3) is 2.87. The Morgan fingerprint density at radius 1 is 1.24 bits per heavy atom. The van der Waals surface area contributed by atoms with Gasteiger partial charge in [-0.05, 0) is 44.9 Å². The van der Waals surface area contributed by atoms with Crippen molar-refractivity contribution in [2.45, 2.75) is 45.1 Å². The SMILES string of the molecule is C/C(=C\C(=O)N1CCCC[C@H]1C(=O)O)C1CC1. The first-order valence-electron chi connectivity index (χ1n) is 6.31. The fourth-order valence-corrected chi connectivity index (χ4v) is 2.39. The third-order valence-corrected chi connectivity index (χ3v) is 3.64. The number of aliphatic carboxylic acids is 1. The molecule has 1 saturated carbocycles. The second kappa shape index (κ2) is 4.90. The van der Waals surface area contributed by atoms with E-state index in [1.54, 1.807) is 6.08 Å². The highest BCUT2D eigenvalue weighted by Gasteiger charge is 2.32. The number of carbonyl (C=O) groups excluding carboxylic acids is 1. The van der Waals surface area contributed by atoms with Crippen molar-refractivity contribution in [3.63, 3.8) is 0 Å². The van der Waals surface area contributed by atoms with E-state index in [0.717, 1.165) is 31.3 Å². The molecule has 2 fully saturated rings. The molecule has 4 heteroatoms. The first kappa shape index (κ1) is 12.1. The molecule has 1 saturated heterocycles. The van der Waals surface area contributed by atoms with Gasteiger partial charge >= 0.3 is 5.97 Å². The largest absolute Gasteiger partial charge is 0.480 e. The Labute approximate surface area is 101 Å². The van der Waals surface area contributed by atoms with Crippen molar-refractivity contribution < 1.29 is 14.7 Å². The number of carboxylic acid groups (broad SMARTS) is 1. The second-order valence-corrected chi connectivity index (χ2v) is 5.04. The number of rotatable bonds is 3. The van der Waals surface area contributed by atoms with Gasteiger partial charge in [0, 0.05) is 12.6 Å². The molecule has 94 valence electrons. The second-order valence-electron chi connectivity index (χ2n) is 5.04. The van der Waals surface area contributed by atoms with E-state index in [2.05, 4.69) is 0 Å². The van der Waals surface area contributed by atoms with Crippen LogP contribution in [0.25, 0.3) is 0 Å². The molecule has 1 atom stereocenters. The average molecular weight is 237 g/mol. The first-order valence-corrected chi connectivity index (χ1v) is 6.31. The molecule has 0 aromatic rings. The number of allylic oxidation sites excluding steroid dienone is 1. The number of hydrogen-bond acceptors (Lipinski definition) is 2. The molecule has 0 spiro atoms. The lowest BCUT2D eigenvalue weighted by Gasteiger charge is -2.32. The monoisotopic (exact) mass is 237 g/mol. The van der Waals surface area contributed by atoms with E-state index in [4.69, 9.17) is 5.11 Å². The zero-order chi connectivity index (χ0) is 12.4. The molecular formula is C13H19NO3. The number of carbonyl (C=O) groups is 2. The van der Waals surface area contributed by atoms with Crippen molar-refractivity contribution in [3.05, 3.63) is 11.6 Å². The lowest BCUT2D eigenvalue weighted by molar-refractivity contribution is -0.150. The number of amides is 1. The highest BCUT2D eigenvalue weighted by Crippen LogP contribution is 2.36. The molecule has 1 amide bonds. The Hall–Kier alpha value is -1.32. The van der Waals surface area contributed by atoms with Crippen LogP contribution in [-0.4, -0.2) is 34.5 Å². The van der Waals surface area contributed by atoms with E-state index < -0.39 is 12.0 Å². The normalized spacial score (nSPS) is 25.8. The van der Waals surface area contributed by atoms with E-state index >= 15 is 0 Å². The molecule has 2 rings (SSSR count). The topological polar surface area (TPSA) is 57.6 Å². The molecule has 0 radical (unpaired) electrons. The van der Waals surface area contributed by atoms with Crippen LogP contribution in [0.5, 0.6) is 0 Å². The molecule has 0 aromatic heterocycles. The molecule has 4 nitrogen and oxygen atoms in total. The summed E-state index contributed by atoms with van der Waals surface area (Å²) >= 11 is 0. The summed E-state index contributed by atoms with van der Waals surface area (Å²) < 4.78 is 0. The number of likely N-dealkylation sites (tertiary alicyclic amines) is 1. The van der Waals surface area contributed by atoms with Crippen molar-refractivity contribution in [1.82, 2.24) is 4.90 Å². The summed E-state index contributed by atoms with van der Waals surface area (Å²) in [6.45, 7) is 2.54. The zero-order valence-electron chi connectivity index (χ0n) is 10.2. The van der Waals surface area contributed by atoms with Gasteiger partial charge in [0.05, 0.1) is 0 Å². The van der Waals surface area contributed by atoms with Crippen molar-refractivity contribution in [2.24, 2.45) is 5.92 Å². The fraction of sp³-hybridized carbons (Fsp3) is 0.692. The minimum atomic E-state index is -0.879. The average Bonchev–Trinajstić information content (AvgIpc) is 3.12. The van der Waals surface area contributed by atoms with Gasteiger partial charge < -0.3 is 10.0 Å². The highest BCUT2D eigenvalue weighted by atomic mass is 16.4. The predicted octanol–water partition coefficient (Wildman–Crippen LogP) is 1.81. The molecule has 0 bridgehead atoms. The number of piperidine rings is 1. The lowest BCUT2D eigenvalue weighted by atomic mass is 10.0. The molecule has 1 heterocycles. The van der Waals surface area contributed by atoms with Crippen LogP contribution in [0.15, 0.2) is 11.6 Å². The van der Waals surface area contributed by atoms with Crippen LogP contribution >= 0.6 is 0 Å². The number of nitrogens with zero attached hydrogens (tertiary/aromatic N) is 1. The summed E-state index contributed by atoms with van der Waals surface area (Å²) in [5, 5.41) is 9.10. The Morgan fingerprint density at radius 2 is 1.94 bits per heavy atom. The molecule has 17 heavy (non-hydrogen) atoms. The molecule has 0 unspecified atom stereocenters. The van der Waals surface area contributed by atoms with E-state index in [1.165, 1.54) is 4.90 Å². The van der Waals surface area contributed by atoms with Gasteiger partial charge in [0.15, 0.2) is 0 Å². The first-order chi connectivity index (χ1) is 8.09. The molecule has 0 aromatic carbocycles. The summed E-state index contributed by atoms with van der Waals surface area (Å²) in [5.41, 5.74) is 1.10. The van der Waals surface area contributed by atoms with Gasteiger partial charge in [-0.25, -0.2) is 4.79 Å². The van der Waals surface area contributed by atoms with E-state index in [0.29, 0.717) is 18.9 Å². The zero-order valence-corrected chi connectivity index (χ0v) is 10.2. The maximum absolute atomic E-state index is 12.0. The predicted molar refractivity (Wildman–Crippen MR) is 63.5 cm³/mol. The van der Waals surface area contributed by atoms with Crippen LogP contribution in [-0.2, 0) is 9.59 Å². The maximum Gasteiger partial charge on any atom is 0.326 e.